The molecule has 1 N–H and O–H groups in total. The maximum absolute atomic E-state index is 13.3. The van der Waals surface area contributed by atoms with Crippen LogP contribution in [0.3, 0.4) is 0 Å². The van der Waals surface area contributed by atoms with Crippen molar-refractivity contribution < 1.29 is 4.39 Å². The molecule has 0 heterocycles. The molecule has 0 radical (unpaired) electrons. The Kier molecular flexibility index (Phi) is 5.66. The lowest BCUT2D eigenvalue weighted by molar-refractivity contribution is 0.616. The molecule has 94 valence electrons. The van der Waals surface area contributed by atoms with Crippen LogP contribution in [-0.2, 0) is 0 Å². The lowest BCUT2D eigenvalue weighted by Crippen LogP contribution is -2.24. The quantitative estimate of drug-likeness (QED) is 0.829. The van der Waals surface area contributed by atoms with E-state index < -0.39 is 0 Å². The molecule has 0 bridgehead atoms. The average molecular weight is 256 g/mol. The number of halogens is 2. The Morgan fingerprint density at radius 2 is 2.18 bits per heavy atom. The van der Waals surface area contributed by atoms with Crippen LogP contribution in [-0.4, -0.2) is 12.6 Å². The predicted octanol–water partition coefficient (Wildman–Crippen LogP) is 4.27. The van der Waals surface area contributed by atoms with Gasteiger partial charge in [-0.05, 0) is 24.1 Å². The summed E-state index contributed by atoms with van der Waals surface area (Å²) in [5.41, 5.74) is 2.11. The second-order valence-corrected chi connectivity index (χ2v) is 4.77. The number of hydrogen-bond donors (Lipinski definition) is 1. The molecule has 0 aliphatic heterocycles. The number of nitrogens with one attached hydrogen (secondary N) is 1. The van der Waals surface area contributed by atoms with Gasteiger partial charge in [-0.1, -0.05) is 50.1 Å². The summed E-state index contributed by atoms with van der Waals surface area (Å²) in [5, 5.41) is 3.52. The lowest BCUT2D eigenvalue weighted by atomic mass is 10.1. The minimum atomic E-state index is -0.368. The lowest BCUT2D eigenvalue weighted by Gasteiger charge is -2.10. The van der Waals surface area contributed by atoms with E-state index in [1.54, 1.807) is 6.07 Å². The van der Waals surface area contributed by atoms with Gasteiger partial charge in [0.25, 0.3) is 0 Å². The zero-order valence-corrected chi connectivity index (χ0v) is 11.3. The van der Waals surface area contributed by atoms with Gasteiger partial charge in [0.2, 0.25) is 0 Å². The Hall–Kier alpha value is -0.860. The van der Waals surface area contributed by atoms with Gasteiger partial charge in [0.15, 0.2) is 0 Å². The third kappa shape index (κ3) is 4.88. The molecule has 17 heavy (non-hydrogen) atoms. The molecule has 1 aromatic carbocycles. The van der Waals surface area contributed by atoms with Crippen molar-refractivity contribution in [1.29, 1.82) is 0 Å². The Morgan fingerprint density at radius 3 is 2.71 bits per heavy atom. The van der Waals surface area contributed by atoms with Crippen molar-refractivity contribution >= 4 is 17.7 Å². The van der Waals surface area contributed by atoms with Crippen LogP contribution < -0.4 is 5.32 Å². The third-order valence-corrected chi connectivity index (χ3v) is 2.81. The minimum Gasteiger partial charge on any atom is -0.311 e. The van der Waals surface area contributed by atoms with Crippen LogP contribution in [0.15, 0.2) is 23.8 Å². The van der Waals surface area contributed by atoms with Gasteiger partial charge in [-0.2, -0.15) is 0 Å². The van der Waals surface area contributed by atoms with E-state index in [1.807, 2.05) is 12.1 Å². The van der Waals surface area contributed by atoms with Gasteiger partial charge in [-0.3, -0.25) is 0 Å². The van der Waals surface area contributed by atoms with Crippen molar-refractivity contribution in [3.05, 3.63) is 40.2 Å². The average Bonchev–Trinajstić information content (AvgIpc) is 2.28. The van der Waals surface area contributed by atoms with Crippen molar-refractivity contribution in [1.82, 2.24) is 5.32 Å². The fourth-order valence-electron chi connectivity index (χ4n) is 1.45. The van der Waals surface area contributed by atoms with Crippen LogP contribution in [0, 0.1) is 5.82 Å². The highest BCUT2D eigenvalue weighted by atomic mass is 35.5. The molecule has 0 spiro atoms. The second kappa shape index (κ2) is 6.77. The van der Waals surface area contributed by atoms with E-state index in [0.717, 1.165) is 18.5 Å². The standard InChI is InChI=1S/C14H19ClFN/c1-4-11(9-17-10(2)3)7-12-5-6-13(15)14(16)8-12/h5-8,10,17H,4,9H2,1-3H3. The SMILES string of the molecule is CCC(=Cc1ccc(Cl)c(F)c1)CNC(C)C. The highest BCUT2D eigenvalue weighted by Crippen LogP contribution is 2.18. The molecular formula is C14H19ClFN. The van der Waals surface area contributed by atoms with E-state index in [9.17, 15) is 4.39 Å². The summed E-state index contributed by atoms with van der Waals surface area (Å²) in [4.78, 5) is 0. The minimum absolute atomic E-state index is 0.167. The normalized spacial score (nSPS) is 12.2. The van der Waals surface area contributed by atoms with Gasteiger partial charge in [-0.15, -0.1) is 0 Å². The third-order valence-electron chi connectivity index (χ3n) is 2.51. The molecule has 1 rings (SSSR count). The van der Waals surface area contributed by atoms with Crippen molar-refractivity contribution in [2.24, 2.45) is 0 Å². The molecule has 0 fully saturated rings. The largest absolute Gasteiger partial charge is 0.311 e. The van der Waals surface area contributed by atoms with Crippen LogP contribution in [0.5, 0.6) is 0 Å². The summed E-state index contributed by atoms with van der Waals surface area (Å²) in [6.07, 6.45) is 2.96. The fourth-order valence-corrected chi connectivity index (χ4v) is 1.57. The molecular weight excluding hydrogens is 237 g/mol. The second-order valence-electron chi connectivity index (χ2n) is 4.37. The van der Waals surface area contributed by atoms with Gasteiger partial charge >= 0.3 is 0 Å². The molecule has 0 aliphatic carbocycles. The number of rotatable bonds is 5. The van der Waals surface area contributed by atoms with Crippen molar-refractivity contribution in [3.63, 3.8) is 0 Å². The van der Waals surface area contributed by atoms with Crippen LogP contribution in [0.2, 0.25) is 5.02 Å². The van der Waals surface area contributed by atoms with E-state index in [1.165, 1.54) is 11.6 Å². The highest BCUT2D eigenvalue weighted by Gasteiger charge is 2.01. The first-order valence-electron chi connectivity index (χ1n) is 5.90. The molecule has 0 amide bonds. The molecule has 0 saturated carbocycles. The molecule has 0 saturated heterocycles. The highest BCUT2D eigenvalue weighted by molar-refractivity contribution is 6.30. The van der Waals surface area contributed by atoms with E-state index in [0.29, 0.717) is 6.04 Å². The van der Waals surface area contributed by atoms with E-state index in [-0.39, 0.29) is 10.8 Å². The summed E-state index contributed by atoms with van der Waals surface area (Å²) in [5.74, 6) is -0.368. The number of hydrogen-bond acceptors (Lipinski definition) is 1. The van der Waals surface area contributed by atoms with Crippen LogP contribution in [0.1, 0.15) is 32.8 Å². The van der Waals surface area contributed by atoms with E-state index in [2.05, 4.69) is 26.1 Å². The molecule has 1 aromatic rings. The van der Waals surface area contributed by atoms with Crippen molar-refractivity contribution in [2.45, 2.75) is 33.2 Å². The van der Waals surface area contributed by atoms with Gasteiger partial charge < -0.3 is 5.32 Å². The summed E-state index contributed by atoms with van der Waals surface area (Å²) in [6, 6.07) is 5.34. The summed E-state index contributed by atoms with van der Waals surface area (Å²) >= 11 is 5.65. The zero-order valence-electron chi connectivity index (χ0n) is 10.6. The summed E-state index contributed by atoms with van der Waals surface area (Å²) < 4.78 is 13.3. The maximum atomic E-state index is 13.3. The Balaban J connectivity index is 2.79. The van der Waals surface area contributed by atoms with Gasteiger partial charge in [-0.25, -0.2) is 4.39 Å². The molecule has 0 unspecified atom stereocenters. The zero-order chi connectivity index (χ0) is 12.8. The van der Waals surface area contributed by atoms with Crippen molar-refractivity contribution in [2.75, 3.05) is 6.54 Å². The maximum Gasteiger partial charge on any atom is 0.142 e. The summed E-state index contributed by atoms with van der Waals surface area (Å²) in [7, 11) is 0. The van der Waals surface area contributed by atoms with Crippen molar-refractivity contribution in [3.8, 4) is 0 Å². The molecule has 0 aromatic heterocycles. The van der Waals surface area contributed by atoms with Crippen LogP contribution >= 0.6 is 11.6 Å². The van der Waals surface area contributed by atoms with Crippen LogP contribution in [0.4, 0.5) is 4.39 Å². The first-order valence-corrected chi connectivity index (χ1v) is 6.28. The first kappa shape index (κ1) is 14.2. The molecule has 0 aliphatic rings. The fraction of sp³-hybridized carbons (Fsp3) is 0.429. The molecule has 0 atom stereocenters. The van der Waals surface area contributed by atoms with Crippen LogP contribution in [0.25, 0.3) is 6.08 Å². The Bertz CT molecular complexity index is 399. The molecule has 3 heteroatoms. The monoisotopic (exact) mass is 255 g/mol. The van der Waals surface area contributed by atoms with Gasteiger partial charge in [0, 0.05) is 12.6 Å². The van der Waals surface area contributed by atoms with E-state index >= 15 is 0 Å². The number of benzene rings is 1. The Labute approximate surface area is 108 Å². The molecule has 1 nitrogen and oxygen atoms in total. The summed E-state index contributed by atoms with van der Waals surface area (Å²) in [6.45, 7) is 7.14. The smallest absolute Gasteiger partial charge is 0.142 e. The van der Waals surface area contributed by atoms with Gasteiger partial charge in [0.1, 0.15) is 5.82 Å². The first-order chi connectivity index (χ1) is 8.02. The Morgan fingerprint density at radius 1 is 1.47 bits per heavy atom. The predicted molar refractivity (Wildman–Crippen MR) is 72.8 cm³/mol. The van der Waals surface area contributed by atoms with E-state index in [4.69, 9.17) is 11.6 Å². The topological polar surface area (TPSA) is 12.0 Å². The van der Waals surface area contributed by atoms with Gasteiger partial charge in [0.05, 0.1) is 5.02 Å².